The molecule has 2 amide bonds. The minimum Gasteiger partial charge on any atom is -0.457 e. The predicted molar refractivity (Wildman–Crippen MR) is 146 cm³/mol. The highest BCUT2D eigenvalue weighted by Crippen LogP contribution is 2.31. The van der Waals surface area contributed by atoms with E-state index in [1.165, 1.54) is 19.4 Å². The summed E-state index contributed by atoms with van der Waals surface area (Å²) in [5.74, 6) is 2.04. The molecule has 1 saturated heterocycles. The Labute approximate surface area is 219 Å². The molecule has 6 heteroatoms. The Morgan fingerprint density at radius 1 is 0.838 bits per heavy atom. The first-order valence-corrected chi connectivity index (χ1v) is 13.3. The molecular weight excluding hydrogens is 462 g/mol. The van der Waals surface area contributed by atoms with E-state index in [0.29, 0.717) is 17.9 Å². The smallest absolute Gasteiger partial charge is 0.244 e. The number of ether oxygens (including phenoxy) is 1. The second-order valence-electron chi connectivity index (χ2n) is 10.2. The first-order valence-electron chi connectivity index (χ1n) is 13.3. The molecule has 2 aliphatic rings. The molecule has 1 heterocycles. The summed E-state index contributed by atoms with van der Waals surface area (Å²) in [5, 5.41) is 2.98. The summed E-state index contributed by atoms with van der Waals surface area (Å²) in [6, 6.07) is 26.7. The molecule has 0 aromatic heterocycles. The molecule has 1 aliphatic heterocycles. The van der Waals surface area contributed by atoms with E-state index < -0.39 is 0 Å². The van der Waals surface area contributed by atoms with E-state index in [9.17, 15) is 9.59 Å². The zero-order valence-corrected chi connectivity index (χ0v) is 21.2. The minimum absolute atomic E-state index is 0.00292. The maximum atomic E-state index is 13.4. The molecule has 192 valence electrons. The van der Waals surface area contributed by atoms with E-state index in [1.54, 1.807) is 11.0 Å². The summed E-state index contributed by atoms with van der Waals surface area (Å²) >= 11 is 0. The maximum absolute atomic E-state index is 13.4. The third-order valence-electron chi connectivity index (χ3n) is 7.14. The van der Waals surface area contributed by atoms with Crippen molar-refractivity contribution in [1.29, 1.82) is 0 Å². The van der Waals surface area contributed by atoms with Crippen molar-refractivity contribution < 1.29 is 14.3 Å². The molecular formula is C31H35N3O3. The molecule has 3 aromatic rings. The summed E-state index contributed by atoms with van der Waals surface area (Å²) in [7, 11) is 0. The van der Waals surface area contributed by atoms with Crippen LogP contribution in [0.1, 0.15) is 31.2 Å². The van der Waals surface area contributed by atoms with E-state index in [-0.39, 0.29) is 24.4 Å². The van der Waals surface area contributed by atoms with Crippen molar-refractivity contribution in [3.63, 3.8) is 0 Å². The molecule has 3 aromatic carbocycles. The van der Waals surface area contributed by atoms with Gasteiger partial charge in [-0.1, -0.05) is 54.6 Å². The summed E-state index contributed by atoms with van der Waals surface area (Å²) in [5.41, 5.74) is 1.61. The second-order valence-corrected chi connectivity index (χ2v) is 10.2. The number of carbonyl (C=O) groups is 2. The van der Waals surface area contributed by atoms with E-state index in [4.69, 9.17) is 4.74 Å². The zero-order valence-electron chi connectivity index (χ0n) is 21.2. The molecule has 37 heavy (non-hydrogen) atoms. The monoisotopic (exact) mass is 497 g/mol. The molecule has 2 fully saturated rings. The van der Waals surface area contributed by atoms with Gasteiger partial charge in [0.2, 0.25) is 11.8 Å². The first-order chi connectivity index (χ1) is 18.1. The molecule has 1 N–H and O–H groups in total. The molecule has 6 nitrogen and oxygen atoms in total. The second kappa shape index (κ2) is 12.1. The Hall–Kier alpha value is -3.64. The number of para-hydroxylation sites is 1. The largest absolute Gasteiger partial charge is 0.457 e. The zero-order chi connectivity index (χ0) is 25.5. The number of hydrogen-bond acceptors (Lipinski definition) is 4. The Kier molecular flexibility index (Phi) is 8.16. The van der Waals surface area contributed by atoms with Crippen molar-refractivity contribution in [1.82, 2.24) is 9.80 Å². The summed E-state index contributed by atoms with van der Waals surface area (Å²) in [6.07, 6.45) is 4.80. The lowest BCUT2D eigenvalue weighted by atomic mass is 10.0. The van der Waals surface area contributed by atoms with Crippen molar-refractivity contribution in [2.24, 2.45) is 5.92 Å². The maximum Gasteiger partial charge on any atom is 0.244 e. The third-order valence-corrected chi connectivity index (χ3v) is 7.14. The fourth-order valence-electron chi connectivity index (χ4n) is 4.99. The van der Waals surface area contributed by atoms with Crippen molar-refractivity contribution in [2.75, 3.05) is 31.5 Å². The van der Waals surface area contributed by atoms with Crippen molar-refractivity contribution in [3.05, 3.63) is 90.5 Å². The lowest BCUT2D eigenvalue weighted by Crippen LogP contribution is -2.50. The van der Waals surface area contributed by atoms with Gasteiger partial charge in [-0.3, -0.25) is 9.59 Å². The average Bonchev–Trinajstić information content (AvgIpc) is 3.73. The fraction of sp³-hybridized carbons (Fsp3) is 0.355. The van der Waals surface area contributed by atoms with Gasteiger partial charge in [0.25, 0.3) is 0 Å². The highest BCUT2D eigenvalue weighted by Gasteiger charge is 2.31. The van der Waals surface area contributed by atoms with Gasteiger partial charge in [-0.25, -0.2) is 0 Å². The highest BCUT2D eigenvalue weighted by molar-refractivity contribution is 5.95. The number of rotatable bonds is 10. The Morgan fingerprint density at radius 2 is 1.51 bits per heavy atom. The third kappa shape index (κ3) is 7.43. The number of amides is 2. The number of nitrogens with one attached hydrogen (secondary N) is 1. The van der Waals surface area contributed by atoms with Crippen LogP contribution in [0.25, 0.3) is 0 Å². The van der Waals surface area contributed by atoms with Crippen LogP contribution in [0.15, 0.2) is 84.9 Å². The summed E-state index contributed by atoms with van der Waals surface area (Å²) in [4.78, 5) is 30.9. The molecule has 5 rings (SSSR count). The number of hydrogen-bond donors (Lipinski definition) is 1. The molecule has 0 unspecified atom stereocenters. The van der Waals surface area contributed by atoms with Gasteiger partial charge in [0.15, 0.2) is 0 Å². The van der Waals surface area contributed by atoms with E-state index in [0.717, 1.165) is 43.2 Å². The number of likely N-dealkylation sites (tertiary alicyclic amines) is 1. The highest BCUT2D eigenvalue weighted by atomic mass is 16.5. The number of piperidine rings is 1. The van der Waals surface area contributed by atoms with Crippen molar-refractivity contribution >= 4 is 17.5 Å². The van der Waals surface area contributed by atoms with Crippen LogP contribution >= 0.6 is 0 Å². The van der Waals surface area contributed by atoms with Gasteiger partial charge in [0.05, 0.1) is 6.42 Å². The van der Waals surface area contributed by atoms with Crippen LogP contribution in [0.4, 0.5) is 5.69 Å². The van der Waals surface area contributed by atoms with Crippen molar-refractivity contribution in [2.45, 2.75) is 38.1 Å². The van der Waals surface area contributed by atoms with Gasteiger partial charge >= 0.3 is 0 Å². The molecule has 0 bridgehead atoms. The van der Waals surface area contributed by atoms with Crippen LogP contribution in [0.2, 0.25) is 0 Å². The lowest BCUT2D eigenvalue weighted by Gasteiger charge is -2.38. The topological polar surface area (TPSA) is 61.9 Å². The average molecular weight is 498 g/mol. The van der Waals surface area contributed by atoms with Crippen LogP contribution in [0, 0.1) is 5.92 Å². The predicted octanol–water partition coefficient (Wildman–Crippen LogP) is 5.36. The van der Waals surface area contributed by atoms with Gasteiger partial charge in [-0.2, -0.15) is 0 Å². The van der Waals surface area contributed by atoms with Crippen LogP contribution in [-0.2, 0) is 16.0 Å². The normalized spacial score (nSPS) is 16.2. The van der Waals surface area contributed by atoms with Crippen LogP contribution in [-0.4, -0.2) is 53.8 Å². The van der Waals surface area contributed by atoms with Gasteiger partial charge in [0, 0.05) is 37.4 Å². The lowest BCUT2D eigenvalue weighted by molar-refractivity contribution is -0.137. The molecule has 0 spiro atoms. The van der Waals surface area contributed by atoms with E-state index >= 15 is 0 Å². The minimum atomic E-state index is -0.196. The van der Waals surface area contributed by atoms with Gasteiger partial charge in [-0.05, 0) is 61.4 Å². The summed E-state index contributed by atoms with van der Waals surface area (Å²) < 4.78 is 5.90. The molecule has 0 atom stereocenters. The standard InChI is InChI=1S/C31H35N3O3/c35-30(32-26-10-7-13-29(21-26)37-28-11-5-2-6-12-28)23-34(31(36)20-24-8-3-1-4-9-24)27-16-18-33(19-17-27)22-25-14-15-25/h1-13,21,25,27H,14-20,22-23H2,(H,32,35). The van der Waals surface area contributed by atoms with Gasteiger partial charge in [0.1, 0.15) is 18.0 Å². The van der Waals surface area contributed by atoms with Crippen LogP contribution < -0.4 is 10.1 Å². The van der Waals surface area contributed by atoms with Crippen LogP contribution in [0.3, 0.4) is 0 Å². The SMILES string of the molecule is O=C(CN(C(=O)Cc1ccccc1)C1CCN(CC2CC2)CC1)Nc1cccc(Oc2ccccc2)c1. The van der Waals surface area contributed by atoms with Crippen molar-refractivity contribution in [3.8, 4) is 11.5 Å². The Bertz CT molecular complexity index is 1170. The van der Waals surface area contributed by atoms with E-state index in [1.807, 2.05) is 78.9 Å². The number of anilines is 1. The molecule has 1 saturated carbocycles. The molecule has 1 aliphatic carbocycles. The Morgan fingerprint density at radius 3 is 2.22 bits per heavy atom. The fourth-order valence-corrected chi connectivity index (χ4v) is 4.99. The number of benzene rings is 3. The van der Waals surface area contributed by atoms with E-state index in [2.05, 4.69) is 10.2 Å². The quantitative estimate of drug-likeness (QED) is 0.410. The van der Waals surface area contributed by atoms with Crippen LogP contribution in [0.5, 0.6) is 11.5 Å². The van der Waals surface area contributed by atoms with Gasteiger partial charge in [-0.15, -0.1) is 0 Å². The first kappa shape index (κ1) is 25.0. The Balaban J connectivity index is 1.23. The molecule has 0 radical (unpaired) electrons. The number of carbonyl (C=O) groups excluding carboxylic acids is 2. The summed E-state index contributed by atoms with van der Waals surface area (Å²) in [6.45, 7) is 3.18. The number of nitrogens with zero attached hydrogens (tertiary/aromatic N) is 2. The van der Waals surface area contributed by atoms with Gasteiger partial charge < -0.3 is 19.9 Å².